The predicted molar refractivity (Wildman–Crippen MR) is 102 cm³/mol. The highest BCUT2D eigenvalue weighted by Crippen LogP contribution is 2.67. The van der Waals surface area contributed by atoms with Gasteiger partial charge in [0.1, 0.15) is 11.9 Å². The van der Waals surface area contributed by atoms with Gasteiger partial charge in [0.15, 0.2) is 5.78 Å². The van der Waals surface area contributed by atoms with Crippen molar-refractivity contribution in [1.82, 2.24) is 5.32 Å². The van der Waals surface area contributed by atoms with E-state index in [1.807, 2.05) is 6.07 Å². The minimum absolute atomic E-state index is 0.0147. The van der Waals surface area contributed by atoms with E-state index >= 15 is 0 Å². The maximum atomic E-state index is 12.3. The molecule has 1 saturated heterocycles. The highest BCUT2D eigenvalue weighted by molar-refractivity contribution is 5.98. The molecule has 144 valence electrons. The number of hydrogen-bond donors (Lipinski definition) is 2. The number of carbonyl (C=O) groups is 1. The van der Waals surface area contributed by atoms with Crippen LogP contribution in [-0.4, -0.2) is 35.2 Å². The van der Waals surface area contributed by atoms with Gasteiger partial charge < -0.3 is 15.2 Å². The fourth-order valence-electron chi connectivity index (χ4n) is 7.31. The molecule has 27 heavy (non-hydrogen) atoms. The first-order valence-corrected chi connectivity index (χ1v) is 10.7. The first-order chi connectivity index (χ1) is 12.9. The van der Waals surface area contributed by atoms with E-state index in [1.54, 1.807) is 6.92 Å². The molecule has 4 heteroatoms. The third kappa shape index (κ3) is 1.94. The second kappa shape index (κ2) is 4.96. The van der Waals surface area contributed by atoms with E-state index in [2.05, 4.69) is 18.3 Å². The van der Waals surface area contributed by atoms with Crippen molar-refractivity contribution < 1.29 is 14.6 Å². The fourth-order valence-corrected chi connectivity index (χ4v) is 7.31. The van der Waals surface area contributed by atoms with E-state index in [0.717, 1.165) is 43.9 Å². The van der Waals surface area contributed by atoms with Crippen molar-refractivity contribution in [1.29, 1.82) is 0 Å². The lowest BCUT2D eigenvalue weighted by atomic mass is 9.45. The van der Waals surface area contributed by atoms with Gasteiger partial charge in [0.25, 0.3) is 0 Å². The molecule has 2 bridgehead atoms. The topological polar surface area (TPSA) is 58.6 Å². The molecule has 4 nitrogen and oxygen atoms in total. The lowest BCUT2D eigenvalue weighted by Gasteiger charge is -2.63. The summed E-state index contributed by atoms with van der Waals surface area (Å²) < 4.78 is 6.63. The lowest BCUT2D eigenvalue weighted by molar-refractivity contribution is -0.183. The molecule has 2 saturated carbocycles. The third-order valence-electron chi connectivity index (χ3n) is 8.42. The highest BCUT2D eigenvalue weighted by atomic mass is 16.5. The van der Waals surface area contributed by atoms with Gasteiger partial charge in [-0.1, -0.05) is 25.8 Å². The van der Waals surface area contributed by atoms with Crippen molar-refractivity contribution in [3.05, 3.63) is 28.8 Å². The van der Waals surface area contributed by atoms with Crippen LogP contribution in [0.5, 0.6) is 5.75 Å². The number of nitrogens with one attached hydrogen (secondary N) is 1. The number of ketones is 1. The zero-order valence-electron chi connectivity index (χ0n) is 16.3. The van der Waals surface area contributed by atoms with Crippen molar-refractivity contribution in [3.63, 3.8) is 0 Å². The number of aliphatic hydroxyl groups is 1. The molecule has 3 aliphatic carbocycles. The van der Waals surface area contributed by atoms with Crippen molar-refractivity contribution in [3.8, 4) is 5.75 Å². The van der Waals surface area contributed by atoms with Gasteiger partial charge in [0.2, 0.25) is 0 Å². The van der Waals surface area contributed by atoms with E-state index < -0.39 is 5.60 Å². The summed E-state index contributed by atoms with van der Waals surface area (Å²) in [5, 5.41) is 15.9. The number of piperidine rings is 1. The van der Waals surface area contributed by atoms with Crippen LogP contribution in [0.3, 0.4) is 0 Å². The quantitative estimate of drug-likeness (QED) is 0.806. The van der Waals surface area contributed by atoms with Crippen molar-refractivity contribution in [2.45, 2.75) is 82.0 Å². The van der Waals surface area contributed by atoms with E-state index in [4.69, 9.17) is 4.74 Å². The Morgan fingerprint density at radius 3 is 2.93 bits per heavy atom. The highest BCUT2D eigenvalue weighted by Gasteiger charge is 2.72. The predicted octanol–water partition coefficient (Wildman–Crippen LogP) is 3.14. The van der Waals surface area contributed by atoms with Gasteiger partial charge in [-0.3, -0.25) is 4.79 Å². The standard InChI is InChI=1S/C23H29NO3/c1-13(25)16-6-5-15-9-17-23(26)12-21(2,10-14-3-4-14)11-18-22(23,7-8-24-17)19(15)20(16)27-18/h5-6,14,17-18,24,26H,3-4,7-12H2,1-2H3/t17-,18+,21?,22-,23?/m1/s1. The summed E-state index contributed by atoms with van der Waals surface area (Å²) >= 11 is 0. The molecular formula is C23H29NO3. The third-order valence-corrected chi connectivity index (χ3v) is 8.42. The van der Waals surface area contributed by atoms with Gasteiger partial charge in [-0.05, 0) is 68.5 Å². The first-order valence-electron chi connectivity index (χ1n) is 10.7. The van der Waals surface area contributed by atoms with Crippen LogP contribution in [0.15, 0.2) is 12.1 Å². The Kier molecular flexibility index (Phi) is 3.04. The van der Waals surface area contributed by atoms with Crippen LogP contribution in [0.4, 0.5) is 0 Å². The average molecular weight is 367 g/mol. The van der Waals surface area contributed by atoms with Gasteiger partial charge >= 0.3 is 0 Å². The van der Waals surface area contributed by atoms with E-state index in [1.165, 1.54) is 30.4 Å². The zero-order chi connectivity index (χ0) is 18.6. The second-order valence-corrected chi connectivity index (χ2v) is 10.3. The minimum Gasteiger partial charge on any atom is -0.488 e. The van der Waals surface area contributed by atoms with Crippen LogP contribution in [0.1, 0.15) is 73.9 Å². The summed E-state index contributed by atoms with van der Waals surface area (Å²) in [5.74, 6) is 1.68. The van der Waals surface area contributed by atoms with Crippen molar-refractivity contribution in [2.24, 2.45) is 11.3 Å². The molecule has 2 aliphatic heterocycles. The molecule has 1 spiro atoms. The Morgan fingerprint density at radius 1 is 1.37 bits per heavy atom. The smallest absolute Gasteiger partial charge is 0.163 e. The van der Waals surface area contributed by atoms with E-state index in [0.29, 0.717) is 5.56 Å². The Morgan fingerprint density at radius 2 is 2.19 bits per heavy atom. The summed E-state index contributed by atoms with van der Waals surface area (Å²) in [4.78, 5) is 12.3. The molecular weight excluding hydrogens is 338 g/mol. The Balaban J connectivity index is 1.56. The number of rotatable bonds is 3. The molecule has 2 heterocycles. The summed E-state index contributed by atoms with van der Waals surface area (Å²) in [5.41, 5.74) is 2.11. The van der Waals surface area contributed by atoms with Gasteiger partial charge in [0.05, 0.1) is 16.6 Å². The summed E-state index contributed by atoms with van der Waals surface area (Å²) in [7, 11) is 0. The van der Waals surface area contributed by atoms with E-state index in [-0.39, 0.29) is 28.8 Å². The molecule has 5 atom stereocenters. The van der Waals surface area contributed by atoms with Gasteiger partial charge in [-0.15, -0.1) is 0 Å². The lowest BCUT2D eigenvalue weighted by Crippen LogP contribution is -2.76. The summed E-state index contributed by atoms with van der Waals surface area (Å²) in [6.45, 7) is 4.90. The number of Topliss-reactive ketones (excluding diaryl/α,β-unsaturated/α-hetero) is 1. The molecule has 1 aromatic rings. The number of benzene rings is 1. The fraction of sp³-hybridized carbons (Fsp3) is 0.696. The first kappa shape index (κ1) is 16.6. The molecule has 0 aromatic heterocycles. The maximum Gasteiger partial charge on any atom is 0.163 e. The van der Waals surface area contributed by atoms with Crippen LogP contribution >= 0.6 is 0 Å². The van der Waals surface area contributed by atoms with E-state index in [9.17, 15) is 9.90 Å². The molecule has 2 N–H and O–H groups in total. The average Bonchev–Trinajstić information content (AvgIpc) is 3.30. The molecule has 5 aliphatic rings. The second-order valence-electron chi connectivity index (χ2n) is 10.3. The molecule has 0 amide bonds. The monoisotopic (exact) mass is 367 g/mol. The van der Waals surface area contributed by atoms with Crippen LogP contribution in [-0.2, 0) is 11.8 Å². The van der Waals surface area contributed by atoms with Crippen molar-refractivity contribution in [2.75, 3.05) is 6.54 Å². The van der Waals surface area contributed by atoms with Gasteiger partial charge in [0, 0.05) is 11.6 Å². The molecule has 1 aromatic carbocycles. The molecule has 3 fully saturated rings. The molecule has 2 unspecified atom stereocenters. The van der Waals surface area contributed by atoms with Crippen LogP contribution in [0, 0.1) is 11.3 Å². The van der Waals surface area contributed by atoms with Crippen LogP contribution in [0.25, 0.3) is 0 Å². The largest absolute Gasteiger partial charge is 0.488 e. The van der Waals surface area contributed by atoms with Crippen molar-refractivity contribution >= 4 is 5.78 Å². The zero-order valence-corrected chi connectivity index (χ0v) is 16.3. The number of hydrogen-bond acceptors (Lipinski definition) is 4. The summed E-state index contributed by atoms with van der Waals surface area (Å²) in [6, 6.07) is 4.13. The van der Waals surface area contributed by atoms with Gasteiger partial charge in [-0.2, -0.15) is 0 Å². The molecule has 6 rings (SSSR count). The number of carbonyl (C=O) groups excluding carboxylic acids is 1. The number of ether oxygens (including phenoxy) is 1. The van der Waals surface area contributed by atoms with Gasteiger partial charge in [-0.25, -0.2) is 0 Å². The Hall–Kier alpha value is -1.39. The van der Waals surface area contributed by atoms with Crippen LogP contribution < -0.4 is 10.1 Å². The Bertz CT molecular complexity index is 861. The minimum atomic E-state index is -0.786. The normalized spacial score (nSPS) is 43.8. The SMILES string of the molecule is CC(=O)c1ccc2c3c1O[C@H]1CC(C)(CC4CC4)CC4(O)[C@@H](C2)NCC[C@]314. The van der Waals surface area contributed by atoms with Crippen LogP contribution in [0.2, 0.25) is 0 Å². The summed E-state index contributed by atoms with van der Waals surface area (Å²) in [6.07, 6.45) is 7.41. The Labute approximate surface area is 160 Å². The molecule has 0 radical (unpaired) electrons. The maximum absolute atomic E-state index is 12.3.